The topological polar surface area (TPSA) is 28.2 Å². The van der Waals surface area contributed by atoms with Crippen LogP contribution in [0.3, 0.4) is 0 Å². The van der Waals surface area contributed by atoms with Gasteiger partial charge in [-0.25, -0.2) is 4.98 Å². The Kier molecular flexibility index (Phi) is 4.88. The Balaban J connectivity index is 2.09. The average molecular weight is 295 g/mol. The van der Waals surface area contributed by atoms with Crippen molar-refractivity contribution >= 4 is 11.3 Å². The zero-order valence-electron chi connectivity index (χ0n) is 13.8. The van der Waals surface area contributed by atoms with Gasteiger partial charge in [0.15, 0.2) is 0 Å². The van der Waals surface area contributed by atoms with Crippen molar-refractivity contribution in [3.63, 3.8) is 0 Å². The Labute approximate surface area is 127 Å². The predicted octanol–water partition coefficient (Wildman–Crippen LogP) is 3.36. The molecule has 0 amide bonds. The van der Waals surface area contributed by atoms with E-state index in [9.17, 15) is 0 Å². The fourth-order valence-corrected chi connectivity index (χ4v) is 3.71. The largest absolute Gasteiger partial charge is 0.311 e. The lowest BCUT2D eigenvalue weighted by Gasteiger charge is -2.47. The minimum absolute atomic E-state index is 0.206. The van der Waals surface area contributed by atoms with Crippen LogP contribution in [0.25, 0.3) is 0 Å². The van der Waals surface area contributed by atoms with Gasteiger partial charge in [0.2, 0.25) is 0 Å². The van der Waals surface area contributed by atoms with Gasteiger partial charge in [0.1, 0.15) is 5.01 Å². The van der Waals surface area contributed by atoms with Crippen molar-refractivity contribution in [3.05, 3.63) is 15.6 Å². The van der Waals surface area contributed by atoms with Crippen LogP contribution in [0.4, 0.5) is 0 Å². The van der Waals surface area contributed by atoms with Crippen molar-refractivity contribution in [2.45, 2.75) is 66.1 Å². The van der Waals surface area contributed by atoms with Crippen LogP contribution in [-0.2, 0) is 6.54 Å². The van der Waals surface area contributed by atoms with E-state index in [-0.39, 0.29) is 5.54 Å². The van der Waals surface area contributed by atoms with E-state index in [1.54, 1.807) is 0 Å². The van der Waals surface area contributed by atoms with Gasteiger partial charge in [0, 0.05) is 29.5 Å². The summed E-state index contributed by atoms with van der Waals surface area (Å²) in [4.78, 5) is 8.68. The maximum Gasteiger partial charge on any atom is 0.107 e. The molecule has 2 atom stereocenters. The van der Waals surface area contributed by atoms with E-state index in [4.69, 9.17) is 4.98 Å². The fraction of sp³-hybridized carbons (Fsp3) is 0.812. The second kappa shape index (κ2) is 6.12. The van der Waals surface area contributed by atoms with Crippen LogP contribution in [-0.4, -0.2) is 34.6 Å². The lowest BCUT2D eigenvalue weighted by molar-refractivity contribution is 0.0448. The van der Waals surface area contributed by atoms with E-state index in [1.165, 1.54) is 22.0 Å². The molecular formula is C16H29N3S. The summed E-state index contributed by atoms with van der Waals surface area (Å²) in [6.45, 7) is 16.8. The van der Waals surface area contributed by atoms with Gasteiger partial charge in [-0.2, -0.15) is 0 Å². The standard InChI is InChI=1S/C16H29N3S/c1-7-11(2)14-8-19(16(5,6)10-17-14)9-15-18-12(3)13(4)20-15/h11,14,17H,7-10H2,1-6H3. The van der Waals surface area contributed by atoms with E-state index < -0.39 is 0 Å². The fourth-order valence-electron chi connectivity index (χ4n) is 2.76. The van der Waals surface area contributed by atoms with Gasteiger partial charge in [0.25, 0.3) is 0 Å². The summed E-state index contributed by atoms with van der Waals surface area (Å²) < 4.78 is 0. The van der Waals surface area contributed by atoms with Crippen molar-refractivity contribution in [2.75, 3.05) is 13.1 Å². The van der Waals surface area contributed by atoms with Gasteiger partial charge in [0.05, 0.1) is 12.2 Å². The minimum atomic E-state index is 0.206. The minimum Gasteiger partial charge on any atom is -0.311 e. The van der Waals surface area contributed by atoms with Gasteiger partial charge >= 0.3 is 0 Å². The molecule has 0 spiro atoms. The molecule has 0 saturated carbocycles. The Hall–Kier alpha value is -0.450. The summed E-state index contributed by atoms with van der Waals surface area (Å²) in [5.74, 6) is 0.730. The highest BCUT2D eigenvalue weighted by atomic mass is 32.1. The molecule has 2 unspecified atom stereocenters. The first-order valence-electron chi connectivity index (χ1n) is 7.75. The first kappa shape index (κ1) is 15.9. The number of nitrogens with one attached hydrogen (secondary N) is 1. The van der Waals surface area contributed by atoms with E-state index >= 15 is 0 Å². The molecule has 2 heterocycles. The van der Waals surface area contributed by atoms with Crippen molar-refractivity contribution in [1.82, 2.24) is 15.2 Å². The summed E-state index contributed by atoms with van der Waals surface area (Å²) in [6.07, 6.45) is 1.24. The highest BCUT2D eigenvalue weighted by molar-refractivity contribution is 7.11. The van der Waals surface area contributed by atoms with Gasteiger partial charge in [-0.15, -0.1) is 11.3 Å². The molecule has 1 aromatic rings. The van der Waals surface area contributed by atoms with Crippen LogP contribution in [0.2, 0.25) is 0 Å². The number of thiazole rings is 1. The molecule has 20 heavy (non-hydrogen) atoms. The summed E-state index contributed by atoms with van der Waals surface area (Å²) in [5.41, 5.74) is 1.40. The molecule has 2 rings (SSSR count). The van der Waals surface area contributed by atoms with Crippen molar-refractivity contribution in [1.29, 1.82) is 0 Å². The normalized spacial score (nSPS) is 24.8. The third-order valence-corrected chi connectivity index (χ3v) is 5.86. The first-order chi connectivity index (χ1) is 9.33. The van der Waals surface area contributed by atoms with E-state index in [0.717, 1.165) is 25.6 Å². The zero-order valence-corrected chi connectivity index (χ0v) is 14.6. The third kappa shape index (κ3) is 3.41. The molecule has 1 aliphatic heterocycles. The van der Waals surface area contributed by atoms with Crippen molar-refractivity contribution < 1.29 is 0 Å². The number of aromatic nitrogens is 1. The van der Waals surface area contributed by atoms with Gasteiger partial charge in [-0.1, -0.05) is 20.3 Å². The summed E-state index contributed by atoms with van der Waals surface area (Å²) in [6, 6.07) is 0.607. The second-order valence-electron chi connectivity index (χ2n) is 6.82. The van der Waals surface area contributed by atoms with Crippen molar-refractivity contribution in [3.8, 4) is 0 Å². The Morgan fingerprint density at radius 3 is 2.70 bits per heavy atom. The summed E-state index contributed by atoms with van der Waals surface area (Å²) in [7, 11) is 0. The van der Waals surface area contributed by atoms with Crippen LogP contribution in [0.1, 0.15) is 49.7 Å². The molecule has 1 N–H and O–H groups in total. The van der Waals surface area contributed by atoms with E-state index in [0.29, 0.717) is 6.04 Å². The molecular weight excluding hydrogens is 266 g/mol. The highest BCUT2D eigenvalue weighted by Gasteiger charge is 2.35. The molecule has 0 radical (unpaired) electrons. The number of piperazine rings is 1. The molecule has 1 aliphatic rings. The molecule has 1 aromatic heterocycles. The SMILES string of the molecule is CCC(C)C1CN(Cc2nc(C)c(C)s2)C(C)(C)CN1. The van der Waals surface area contributed by atoms with Crippen LogP contribution < -0.4 is 5.32 Å². The number of hydrogen-bond donors (Lipinski definition) is 1. The lowest BCUT2D eigenvalue weighted by Crippen LogP contribution is -2.62. The second-order valence-corrected chi connectivity index (χ2v) is 8.10. The maximum atomic E-state index is 4.72. The molecule has 3 nitrogen and oxygen atoms in total. The number of hydrogen-bond acceptors (Lipinski definition) is 4. The molecule has 4 heteroatoms. The van der Waals surface area contributed by atoms with Gasteiger partial charge in [-0.05, 0) is 33.6 Å². The molecule has 1 fully saturated rings. The molecule has 114 valence electrons. The van der Waals surface area contributed by atoms with Crippen LogP contribution in [0.5, 0.6) is 0 Å². The third-order valence-electron chi connectivity index (χ3n) is 4.80. The van der Waals surface area contributed by atoms with Crippen LogP contribution in [0, 0.1) is 19.8 Å². The Bertz CT molecular complexity index is 433. The highest BCUT2D eigenvalue weighted by Crippen LogP contribution is 2.26. The summed E-state index contributed by atoms with van der Waals surface area (Å²) in [5, 5.41) is 5.00. The lowest BCUT2D eigenvalue weighted by atomic mass is 9.91. The Morgan fingerprint density at radius 2 is 2.15 bits per heavy atom. The molecule has 0 bridgehead atoms. The molecule has 1 saturated heterocycles. The average Bonchev–Trinajstić information content (AvgIpc) is 2.70. The van der Waals surface area contributed by atoms with E-state index in [2.05, 4.69) is 51.8 Å². The summed E-state index contributed by atoms with van der Waals surface area (Å²) >= 11 is 1.85. The maximum absolute atomic E-state index is 4.72. The number of rotatable bonds is 4. The quantitative estimate of drug-likeness (QED) is 0.923. The monoisotopic (exact) mass is 295 g/mol. The molecule has 0 aromatic carbocycles. The van der Waals surface area contributed by atoms with Gasteiger partial charge < -0.3 is 5.32 Å². The predicted molar refractivity (Wildman–Crippen MR) is 87.3 cm³/mol. The van der Waals surface area contributed by atoms with E-state index in [1.807, 2.05) is 11.3 Å². The van der Waals surface area contributed by atoms with Crippen LogP contribution >= 0.6 is 11.3 Å². The zero-order chi connectivity index (χ0) is 14.9. The smallest absolute Gasteiger partial charge is 0.107 e. The van der Waals surface area contributed by atoms with Crippen molar-refractivity contribution in [2.24, 2.45) is 5.92 Å². The van der Waals surface area contributed by atoms with Crippen LogP contribution in [0.15, 0.2) is 0 Å². The van der Waals surface area contributed by atoms with Gasteiger partial charge in [-0.3, -0.25) is 4.90 Å². The Morgan fingerprint density at radius 1 is 1.45 bits per heavy atom. The number of aryl methyl sites for hydroxylation is 2. The first-order valence-corrected chi connectivity index (χ1v) is 8.56. The molecule has 0 aliphatic carbocycles. The number of nitrogens with zero attached hydrogens (tertiary/aromatic N) is 2.